The quantitative estimate of drug-likeness (QED) is 0.764. The standard InChI is InChI=1S/C10H14AsClO/c1-3-11(13,4-2)9-5-7-10(12)8-6-9/h5-8H,3-4H2,1-2H3. The summed E-state index contributed by atoms with van der Waals surface area (Å²) in [5.41, 5.74) is 0. The molecule has 0 amide bonds. The first-order valence-electron chi connectivity index (χ1n) is 4.46. The van der Waals surface area contributed by atoms with Gasteiger partial charge in [-0.05, 0) is 0 Å². The van der Waals surface area contributed by atoms with E-state index in [1.807, 2.05) is 38.1 Å². The summed E-state index contributed by atoms with van der Waals surface area (Å²) in [4.78, 5) is 0. The Morgan fingerprint density at radius 3 is 2.00 bits per heavy atom. The van der Waals surface area contributed by atoms with E-state index in [0.29, 0.717) is 5.02 Å². The molecule has 0 unspecified atom stereocenters. The van der Waals surface area contributed by atoms with Crippen LogP contribution in [-0.4, -0.2) is 13.5 Å². The number of benzene rings is 1. The van der Waals surface area contributed by atoms with Gasteiger partial charge in [-0.15, -0.1) is 0 Å². The van der Waals surface area contributed by atoms with Crippen molar-refractivity contribution in [2.45, 2.75) is 24.3 Å². The van der Waals surface area contributed by atoms with Crippen LogP contribution in [0.4, 0.5) is 0 Å². The summed E-state index contributed by atoms with van der Waals surface area (Å²) in [5.74, 6) is 0. The minimum atomic E-state index is -2.75. The van der Waals surface area contributed by atoms with Crippen molar-refractivity contribution >= 4 is 29.4 Å². The predicted octanol–water partition coefficient (Wildman–Crippen LogP) is 2.96. The molecule has 72 valence electrons. The Labute approximate surface area is 86.8 Å². The van der Waals surface area contributed by atoms with Gasteiger partial charge < -0.3 is 0 Å². The van der Waals surface area contributed by atoms with Crippen molar-refractivity contribution in [3.8, 4) is 0 Å². The van der Waals surface area contributed by atoms with Gasteiger partial charge in [0, 0.05) is 0 Å². The zero-order chi connectivity index (χ0) is 9.90. The van der Waals surface area contributed by atoms with Gasteiger partial charge in [0.05, 0.1) is 0 Å². The second-order valence-corrected chi connectivity index (χ2v) is 10.9. The van der Waals surface area contributed by atoms with Crippen molar-refractivity contribution in [2.75, 3.05) is 0 Å². The molecule has 13 heavy (non-hydrogen) atoms. The van der Waals surface area contributed by atoms with E-state index in [1.54, 1.807) is 0 Å². The van der Waals surface area contributed by atoms with Crippen LogP contribution in [0, 0.1) is 0 Å². The van der Waals surface area contributed by atoms with Gasteiger partial charge in [0.25, 0.3) is 0 Å². The van der Waals surface area contributed by atoms with E-state index in [9.17, 15) is 3.74 Å². The Kier molecular flexibility index (Phi) is 3.70. The van der Waals surface area contributed by atoms with Gasteiger partial charge in [-0.1, -0.05) is 0 Å². The first-order valence-corrected chi connectivity index (χ1v) is 9.20. The Balaban J connectivity index is 3.07. The molecule has 0 aliphatic rings. The fourth-order valence-electron chi connectivity index (χ4n) is 1.30. The van der Waals surface area contributed by atoms with Crippen molar-refractivity contribution in [1.82, 2.24) is 0 Å². The Morgan fingerprint density at radius 2 is 1.62 bits per heavy atom. The van der Waals surface area contributed by atoms with E-state index in [0.717, 1.165) is 14.8 Å². The SMILES string of the molecule is CC[As](=O)(CC)c1ccc(Cl)cc1. The summed E-state index contributed by atoms with van der Waals surface area (Å²) in [6, 6.07) is 7.43. The summed E-state index contributed by atoms with van der Waals surface area (Å²) in [5, 5.41) is 2.28. The summed E-state index contributed by atoms with van der Waals surface area (Å²) in [6.07, 6.45) is 0. The molecule has 0 N–H and O–H groups in total. The molecule has 0 aliphatic heterocycles. The maximum atomic E-state index is 12.3. The minimum absolute atomic E-state index is 0.706. The predicted molar refractivity (Wildman–Crippen MR) is 58.5 cm³/mol. The number of hydrogen-bond donors (Lipinski definition) is 0. The Morgan fingerprint density at radius 1 is 1.15 bits per heavy atom. The molecular formula is C10H14AsClO. The molecule has 1 nitrogen and oxygen atoms in total. The zero-order valence-electron chi connectivity index (χ0n) is 7.96. The second kappa shape index (κ2) is 4.39. The zero-order valence-corrected chi connectivity index (χ0v) is 10.6. The molecule has 1 aromatic rings. The van der Waals surface area contributed by atoms with Crippen LogP contribution >= 0.6 is 11.6 Å². The van der Waals surface area contributed by atoms with Gasteiger partial charge in [-0.25, -0.2) is 0 Å². The molecule has 3 heteroatoms. The van der Waals surface area contributed by atoms with Crippen molar-refractivity contribution in [3.63, 3.8) is 0 Å². The average Bonchev–Trinajstić information content (AvgIpc) is 2.18. The fourth-order valence-corrected chi connectivity index (χ4v) is 5.35. The molecule has 1 aromatic carbocycles. The van der Waals surface area contributed by atoms with E-state index in [4.69, 9.17) is 11.6 Å². The summed E-state index contributed by atoms with van der Waals surface area (Å²) >= 11 is 3.01. The third kappa shape index (κ3) is 2.42. The number of halogens is 1. The molecule has 0 spiro atoms. The first-order chi connectivity index (χ1) is 6.12. The molecule has 0 fully saturated rings. The molecule has 0 atom stereocenters. The average molecular weight is 261 g/mol. The third-order valence-electron chi connectivity index (χ3n) is 2.32. The van der Waals surface area contributed by atoms with Crippen LogP contribution in [0.15, 0.2) is 24.3 Å². The second-order valence-electron chi connectivity index (χ2n) is 3.00. The summed E-state index contributed by atoms with van der Waals surface area (Å²) in [6.45, 7) is 4.00. The van der Waals surface area contributed by atoms with Crippen LogP contribution in [0.5, 0.6) is 0 Å². The first kappa shape index (κ1) is 10.9. The van der Waals surface area contributed by atoms with Gasteiger partial charge in [0.15, 0.2) is 0 Å². The molecule has 0 saturated carbocycles. The van der Waals surface area contributed by atoms with E-state index in [1.165, 1.54) is 0 Å². The van der Waals surface area contributed by atoms with Gasteiger partial charge in [-0.3, -0.25) is 0 Å². The van der Waals surface area contributed by atoms with Gasteiger partial charge >= 0.3 is 86.7 Å². The van der Waals surface area contributed by atoms with E-state index in [2.05, 4.69) is 0 Å². The van der Waals surface area contributed by atoms with Crippen LogP contribution in [0.2, 0.25) is 15.4 Å². The van der Waals surface area contributed by atoms with Crippen LogP contribution in [0.1, 0.15) is 13.8 Å². The molecule has 0 aromatic heterocycles. The van der Waals surface area contributed by atoms with E-state index < -0.39 is 13.5 Å². The van der Waals surface area contributed by atoms with Crippen molar-refractivity contribution in [3.05, 3.63) is 29.3 Å². The molecular weight excluding hydrogens is 246 g/mol. The van der Waals surface area contributed by atoms with E-state index in [-0.39, 0.29) is 0 Å². The molecule has 0 heterocycles. The fraction of sp³-hybridized carbons (Fsp3) is 0.400. The Bertz CT molecular complexity index is 310. The van der Waals surface area contributed by atoms with Crippen molar-refractivity contribution in [2.24, 2.45) is 0 Å². The van der Waals surface area contributed by atoms with E-state index >= 15 is 0 Å². The summed E-state index contributed by atoms with van der Waals surface area (Å²) in [7, 11) is 0. The molecule has 0 radical (unpaired) electrons. The number of hydrogen-bond acceptors (Lipinski definition) is 1. The molecule has 1 rings (SSSR count). The monoisotopic (exact) mass is 260 g/mol. The van der Waals surface area contributed by atoms with Gasteiger partial charge in [0.2, 0.25) is 0 Å². The molecule has 0 aliphatic carbocycles. The summed E-state index contributed by atoms with van der Waals surface area (Å²) < 4.78 is 13.3. The number of rotatable bonds is 3. The van der Waals surface area contributed by atoms with Crippen LogP contribution in [0.3, 0.4) is 0 Å². The topological polar surface area (TPSA) is 17.1 Å². The van der Waals surface area contributed by atoms with Crippen molar-refractivity contribution < 1.29 is 3.74 Å². The van der Waals surface area contributed by atoms with Crippen LogP contribution in [-0.2, 0) is 3.74 Å². The van der Waals surface area contributed by atoms with Crippen molar-refractivity contribution in [1.29, 1.82) is 0 Å². The molecule has 0 saturated heterocycles. The third-order valence-corrected chi connectivity index (χ3v) is 9.46. The maximum absolute atomic E-state index is 12.3. The normalized spacial score (nSPS) is 11.6. The van der Waals surface area contributed by atoms with Crippen LogP contribution < -0.4 is 4.35 Å². The Hall–Kier alpha value is -0.132. The van der Waals surface area contributed by atoms with Gasteiger partial charge in [-0.2, -0.15) is 0 Å². The molecule has 0 bridgehead atoms. The van der Waals surface area contributed by atoms with Gasteiger partial charge in [0.1, 0.15) is 0 Å². The van der Waals surface area contributed by atoms with Crippen LogP contribution in [0.25, 0.3) is 0 Å².